The van der Waals surface area contributed by atoms with Crippen molar-refractivity contribution in [1.82, 2.24) is 20.3 Å². The van der Waals surface area contributed by atoms with Crippen LogP contribution in [0.5, 0.6) is 0 Å². The SMILES string of the molecule is CNCc1occc1-c1cnn(C)n1. The van der Waals surface area contributed by atoms with Crippen LogP contribution in [0.4, 0.5) is 0 Å². The van der Waals surface area contributed by atoms with E-state index in [9.17, 15) is 0 Å². The van der Waals surface area contributed by atoms with Crippen LogP contribution in [0.25, 0.3) is 11.3 Å². The Hall–Kier alpha value is -1.62. The highest BCUT2D eigenvalue weighted by Crippen LogP contribution is 2.21. The van der Waals surface area contributed by atoms with E-state index in [0.29, 0.717) is 6.54 Å². The first kappa shape index (κ1) is 8.96. The fraction of sp³-hybridized carbons (Fsp3) is 0.333. The average molecular weight is 192 g/mol. The standard InChI is InChI=1S/C9H12N4O/c1-10-6-9-7(3-4-14-9)8-5-11-13(2)12-8/h3-5,10H,6H2,1-2H3. The predicted octanol–water partition coefficient (Wildman–Crippen LogP) is 0.794. The summed E-state index contributed by atoms with van der Waals surface area (Å²) in [6.45, 7) is 0.693. The lowest BCUT2D eigenvalue weighted by molar-refractivity contribution is 0.496. The molecule has 0 spiro atoms. The van der Waals surface area contributed by atoms with Gasteiger partial charge in [-0.05, 0) is 13.1 Å². The zero-order valence-corrected chi connectivity index (χ0v) is 8.19. The van der Waals surface area contributed by atoms with Crippen LogP contribution < -0.4 is 5.32 Å². The Morgan fingerprint density at radius 3 is 3.07 bits per heavy atom. The molecular weight excluding hydrogens is 180 g/mol. The van der Waals surface area contributed by atoms with Gasteiger partial charge in [-0.3, -0.25) is 0 Å². The number of furan rings is 1. The predicted molar refractivity (Wildman–Crippen MR) is 51.5 cm³/mol. The van der Waals surface area contributed by atoms with Gasteiger partial charge in [0.25, 0.3) is 0 Å². The van der Waals surface area contributed by atoms with Gasteiger partial charge in [0, 0.05) is 12.6 Å². The van der Waals surface area contributed by atoms with Crippen LogP contribution in [0, 0.1) is 0 Å². The highest BCUT2D eigenvalue weighted by molar-refractivity contribution is 5.59. The van der Waals surface area contributed by atoms with Crippen molar-refractivity contribution in [3.63, 3.8) is 0 Å². The third-order valence-corrected chi connectivity index (χ3v) is 1.96. The molecule has 14 heavy (non-hydrogen) atoms. The summed E-state index contributed by atoms with van der Waals surface area (Å²) in [5, 5.41) is 11.3. The Labute approximate surface area is 81.7 Å². The van der Waals surface area contributed by atoms with Gasteiger partial charge in [0.1, 0.15) is 11.5 Å². The summed E-state index contributed by atoms with van der Waals surface area (Å²) < 4.78 is 5.33. The van der Waals surface area contributed by atoms with Gasteiger partial charge < -0.3 is 9.73 Å². The Bertz CT molecular complexity index is 418. The zero-order chi connectivity index (χ0) is 9.97. The molecule has 0 fully saturated rings. The van der Waals surface area contributed by atoms with Crippen LogP contribution in [0.15, 0.2) is 22.9 Å². The summed E-state index contributed by atoms with van der Waals surface area (Å²) in [4.78, 5) is 1.53. The van der Waals surface area contributed by atoms with Crippen molar-refractivity contribution < 1.29 is 4.42 Å². The minimum atomic E-state index is 0.693. The molecule has 0 aliphatic rings. The normalized spacial score (nSPS) is 10.7. The molecule has 2 aromatic heterocycles. The number of aryl methyl sites for hydroxylation is 1. The van der Waals surface area contributed by atoms with Crippen LogP contribution in [0.2, 0.25) is 0 Å². The van der Waals surface area contributed by atoms with E-state index in [2.05, 4.69) is 15.5 Å². The Morgan fingerprint density at radius 1 is 1.57 bits per heavy atom. The van der Waals surface area contributed by atoms with Gasteiger partial charge in [0.15, 0.2) is 0 Å². The van der Waals surface area contributed by atoms with Gasteiger partial charge in [-0.15, -0.1) is 0 Å². The minimum absolute atomic E-state index is 0.693. The molecule has 0 unspecified atom stereocenters. The van der Waals surface area contributed by atoms with Crippen LogP contribution in [-0.4, -0.2) is 22.0 Å². The Balaban J connectivity index is 2.36. The maximum Gasteiger partial charge on any atom is 0.127 e. The maximum absolute atomic E-state index is 5.33. The topological polar surface area (TPSA) is 55.9 Å². The van der Waals surface area contributed by atoms with Crippen molar-refractivity contribution in [1.29, 1.82) is 0 Å². The van der Waals surface area contributed by atoms with Crippen molar-refractivity contribution >= 4 is 0 Å². The largest absolute Gasteiger partial charge is 0.467 e. The quantitative estimate of drug-likeness (QED) is 0.781. The van der Waals surface area contributed by atoms with E-state index in [-0.39, 0.29) is 0 Å². The number of rotatable bonds is 3. The highest BCUT2D eigenvalue weighted by atomic mass is 16.3. The first-order valence-corrected chi connectivity index (χ1v) is 4.39. The molecule has 2 aromatic rings. The summed E-state index contributed by atoms with van der Waals surface area (Å²) in [6, 6.07) is 1.90. The van der Waals surface area contributed by atoms with Crippen LogP contribution in [-0.2, 0) is 13.6 Å². The van der Waals surface area contributed by atoms with Crippen molar-refractivity contribution in [2.24, 2.45) is 7.05 Å². The lowest BCUT2D eigenvalue weighted by Gasteiger charge is -1.97. The molecule has 5 nitrogen and oxygen atoms in total. The van der Waals surface area contributed by atoms with E-state index in [1.54, 1.807) is 19.5 Å². The minimum Gasteiger partial charge on any atom is -0.467 e. The van der Waals surface area contributed by atoms with E-state index in [4.69, 9.17) is 4.42 Å². The number of aromatic nitrogens is 3. The first-order valence-electron chi connectivity index (χ1n) is 4.39. The molecule has 0 amide bonds. The molecule has 2 heterocycles. The monoisotopic (exact) mass is 192 g/mol. The lowest BCUT2D eigenvalue weighted by atomic mass is 10.2. The van der Waals surface area contributed by atoms with E-state index in [1.165, 1.54) is 4.80 Å². The van der Waals surface area contributed by atoms with Gasteiger partial charge >= 0.3 is 0 Å². The van der Waals surface area contributed by atoms with E-state index in [0.717, 1.165) is 17.0 Å². The molecule has 0 saturated heterocycles. The van der Waals surface area contributed by atoms with Gasteiger partial charge in [0.05, 0.1) is 19.0 Å². The van der Waals surface area contributed by atoms with Crippen molar-refractivity contribution in [2.75, 3.05) is 7.05 Å². The summed E-state index contributed by atoms with van der Waals surface area (Å²) in [6.07, 6.45) is 3.39. The Kier molecular flexibility index (Phi) is 2.32. The second kappa shape index (κ2) is 3.63. The molecule has 0 aliphatic carbocycles. The molecule has 0 atom stereocenters. The third kappa shape index (κ3) is 1.54. The Morgan fingerprint density at radius 2 is 2.43 bits per heavy atom. The second-order valence-corrected chi connectivity index (χ2v) is 3.01. The molecular formula is C9H12N4O. The molecule has 5 heteroatoms. The molecule has 2 rings (SSSR count). The van der Waals surface area contributed by atoms with E-state index in [1.807, 2.05) is 13.1 Å². The van der Waals surface area contributed by atoms with Crippen LogP contribution in [0.1, 0.15) is 5.76 Å². The van der Waals surface area contributed by atoms with Crippen molar-refractivity contribution in [2.45, 2.75) is 6.54 Å². The average Bonchev–Trinajstić information content (AvgIpc) is 2.74. The molecule has 74 valence electrons. The van der Waals surface area contributed by atoms with Crippen LogP contribution >= 0.6 is 0 Å². The molecule has 0 saturated carbocycles. The molecule has 0 bridgehead atoms. The van der Waals surface area contributed by atoms with Crippen LogP contribution in [0.3, 0.4) is 0 Å². The van der Waals surface area contributed by atoms with E-state index >= 15 is 0 Å². The fourth-order valence-corrected chi connectivity index (χ4v) is 1.34. The number of nitrogens with zero attached hydrogens (tertiary/aromatic N) is 3. The lowest BCUT2D eigenvalue weighted by Crippen LogP contribution is -2.04. The first-order chi connectivity index (χ1) is 6.81. The number of nitrogens with one attached hydrogen (secondary N) is 1. The summed E-state index contributed by atoms with van der Waals surface area (Å²) in [7, 11) is 3.67. The van der Waals surface area contributed by atoms with Crippen molar-refractivity contribution in [3.8, 4) is 11.3 Å². The smallest absolute Gasteiger partial charge is 0.127 e. The molecule has 0 aromatic carbocycles. The summed E-state index contributed by atoms with van der Waals surface area (Å²) in [5.74, 6) is 0.882. The van der Waals surface area contributed by atoms with Gasteiger partial charge in [-0.25, -0.2) is 0 Å². The van der Waals surface area contributed by atoms with Crippen molar-refractivity contribution in [3.05, 3.63) is 24.3 Å². The number of hydrogen-bond acceptors (Lipinski definition) is 4. The summed E-state index contributed by atoms with van der Waals surface area (Å²) >= 11 is 0. The zero-order valence-electron chi connectivity index (χ0n) is 8.19. The van der Waals surface area contributed by atoms with Gasteiger partial charge in [-0.1, -0.05) is 0 Å². The molecule has 0 aliphatic heterocycles. The van der Waals surface area contributed by atoms with Gasteiger partial charge in [0.2, 0.25) is 0 Å². The summed E-state index contributed by atoms with van der Waals surface area (Å²) in [5.41, 5.74) is 1.83. The molecule has 1 N–H and O–H groups in total. The van der Waals surface area contributed by atoms with Gasteiger partial charge in [-0.2, -0.15) is 15.0 Å². The number of hydrogen-bond donors (Lipinski definition) is 1. The highest BCUT2D eigenvalue weighted by Gasteiger charge is 2.10. The van der Waals surface area contributed by atoms with E-state index < -0.39 is 0 Å². The third-order valence-electron chi connectivity index (χ3n) is 1.96. The molecule has 0 radical (unpaired) electrons. The fourth-order valence-electron chi connectivity index (χ4n) is 1.34. The second-order valence-electron chi connectivity index (χ2n) is 3.01. The maximum atomic E-state index is 5.33.